The summed E-state index contributed by atoms with van der Waals surface area (Å²) >= 11 is 0. The molecule has 130 valence electrons. The van der Waals surface area contributed by atoms with Crippen LogP contribution in [0.1, 0.15) is 11.1 Å². The van der Waals surface area contributed by atoms with E-state index in [4.69, 9.17) is 0 Å². The Morgan fingerprint density at radius 3 is 2.12 bits per heavy atom. The van der Waals surface area contributed by atoms with Gasteiger partial charge in [-0.25, -0.2) is 0 Å². The molecule has 0 saturated carbocycles. The number of hydrogen-bond donors (Lipinski definition) is 7. The lowest BCUT2D eigenvalue weighted by atomic mass is 10.0. The van der Waals surface area contributed by atoms with Crippen LogP contribution in [0.15, 0.2) is 42.5 Å². The first kappa shape index (κ1) is 18.0. The predicted octanol–water partition coefficient (Wildman–Crippen LogP) is 0.177. The third kappa shape index (κ3) is 5.10. The lowest BCUT2D eigenvalue weighted by molar-refractivity contribution is -0.327. The van der Waals surface area contributed by atoms with E-state index in [1.807, 2.05) is 0 Å². The second-order valence-corrected chi connectivity index (χ2v) is 5.63. The van der Waals surface area contributed by atoms with Crippen molar-refractivity contribution in [2.45, 2.75) is 24.9 Å². The monoisotopic (exact) mass is 335 g/mol. The molecule has 0 radical (unpaired) electrons. The highest BCUT2D eigenvalue weighted by molar-refractivity contribution is 5.38. The molecule has 0 amide bonds. The molecule has 0 spiro atoms. The van der Waals surface area contributed by atoms with Crippen molar-refractivity contribution in [2.24, 2.45) is 0 Å². The van der Waals surface area contributed by atoms with E-state index in [0.29, 0.717) is 17.5 Å². The fourth-order valence-corrected chi connectivity index (χ4v) is 2.37. The van der Waals surface area contributed by atoms with Gasteiger partial charge in [0.25, 0.3) is 5.97 Å². The van der Waals surface area contributed by atoms with Crippen LogP contribution in [-0.2, 0) is 12.8 Å². The molecule has 0 bridgehead atoms. The molecule has 1 atom stereocenters. The molecule has 0 fully saturated rings. The molecular formula is C17H21NO6. The highest BCUT2D eigenvalue weighted by Crippen LogP contribution is 2.22. The number of aromatic hydroxyl groups is 3. The zero-order valence-corrected chi connectivity index (χ0v) is 12.9. The molecule has 24 heavy (non-hydrogen) atoms. The molecule has 2 aromatic carbocycles. The Hall–Kier alpha value is -2.32. The summed E-state index contributed by atoms with van der Waals surface area (Å²) in [5.74, 6) is -2.80. The lowest BCUT2D eigenvalue weighted by Gasteiger charge is -2.27. The van der Waals surface area contributed by atoms with Gasteiger partial charge in [0.2, 0.25) is 0 Å². The minimum absolute atomic E-state index is 0.0178. The quantitative estimate of drug-likeness (QED) is 0.283. The number of phenolic OH excluding ortho intramolecular Hbond substituents is 3. The number of nitrogens with one attached hydrogen (secondary N) is 1. The van der Waals surface area contributed by atoms with E-state index in [1.54, 1.807) is 12.1 Å². The summed E-state index contributed by atoms with van der Waals surface area (Å²) in [6, 6.07) is 9.20. The Balaban J connectivity index is 1.99. The van der Waals surface area contributed by atoms with Crippen LogP contribution in [-0.4, -0.2) is 49.2 Å². The highest BCUT2D eigenvalue weighted by Gasteiger charge is 2.31. The summed E-state index contributed by atoms with van der Waals surface area (Å²) in [5, 5.41) is 59.7. The van der Waals surface area contributed by atoms with Crippen molar-refractivity contribution >= 4 is 0 Å². The minimum Gasteiger partial charge on any atom is -0.508 e. The maximum absolute atomic E-state index is 9.71. The Bertz CT molecular complexity index is 666. The molecule has 2 rings (SSSR count). The first-order valence-electron chi connectivity index (χ1n) is 7.45. The van der Waals surface area contributed by atoms with Crippen molar-refractivity contribution in [1.29, 1.82) is 0 Å². The van der Waals surface area contributed by atoms with Crippen LogP contribution in [0.4, 0.5) is 0 Å². The topological polar surface area (TPSA) is 133 Å². The standard InChI is InChI=1S/C17H21NO6/c19-13-3-1-11(2-4-13)9-16(17(22,23)24)18-8-7-12-10-14(20)5-6-15(12)21/h1-6,10,16,18-24H,7-9H2/t16-/m0/s1. The molecular weight excluding hydrogens is 314 g/mol. The Morgan fingerprint density at radius 1 is 0.875 bits per heavy atom. The van der Waals surface area contributed by atoms with Crippen molar-refractivity contribution < 1.29 is 30.6 Å². The van der Waals surface area contributed by atoms with E-state index in [0.717, 1.165) is 0 Å². The van der Waals surface area contributed by atoms with Gasteiger partial charge >= 0.3 is 0 Å². The summed E-state index contributed by atoms with van der Waals surface area (Å²) < 4.78 is 0. The summed E-state index contributed by atoms with van der Waals surface area (Å²) in [6.07, 6.45) is 0.415. The van der Waals surface area contributed by atoms with Gasteiger partial charge in [-0.2, -0.15) is 0 Å². The maximum atomic E-state index is 9.71. The van der Waals surface area contributed by atoms with E-state index >= 15 is 0 Å². The summed E-state index contributed by atoms with van der Waals surface area (Å²) in [4.78, 5) is 0. The molecule has 0 aromatic heterocycles. The number of hydrogen-bond acceptors (Lipinski definition) is 7. The molecule has 0 aliphatic heterocycles. The van der Waals surface area contributed by atoms with Crippen molar-refractivity contribution in [1.82, 2.24) is 5.32 Å². The third-order valence-electron chi connectivity index (χ3n) is 3.69. The van der Waals surface area contributed by atoms with Crippen molar-refractivity contribution in [3.8, 4) is 17.2 Å². The van der Waals surface area contributed by atoms with E-state index in [9.17, 15) is 30.6 Å². The van der Waals surface area contributed by atoms with E-state index < -0.39 is 12.0 Å². The normalized spacial score (nSPS) is 13.0. The van der Waals surface area contributed by atoms with E-state index in [2.05, 4.69) is 5.32 Å². The lowest BCUT2D eigenvalue weighted by Crippen LogP contribution is -2.52. The van der Waals surface area contributed by atoms with Gasteiger partial charge in [-0.3, -0.25) is 0 Å². The van der Waals surface area contributed by atoms with Gasteiger partial charge < -0.3 is 36.0 Å². The van der Waals surface area contributed by atoms with Crippen LogP contribution in [0, 0.1) is 0 Å². The molecule has 0 unspecified atom stereocenters. The average molecular weight is 335 g/mol. The van der Waals surface area contributed by atoms with Gasteiger partial charge in [0.15, 0.2) is 0 Å². The van der Waals surface area contributed by atoms with Gasteiger partial charge in [-0.05, 0) is 60.8 Å². The second-order valence-electron chi connectivity index (χ2n) is 5.63. The number of aliphatic hydroxyl groups is 3. The van der Waals surface area contributed by atoms with Gasteiger partial charge in [0.1, 0.15) is 17.2 Å². The number of phenols is 3. The maximum Gasteiger partial charge on any atom is 0.292 e. The predicted molar refractivity (Wildman–Crippen MR) is 86.5 cm³/mol. The highest BCUT2D eigenvalue weighted by atomic mass is 16.7. The van der Waals surface area contributed by atoms with Gasteiger partial charge in [-0.15, -0.1) is 0 Å². The summed E-state index contributed by atoms with van der Waals surface area (Å²) in [6.45, 7) is 0.225. The van der Waals surface area contributed by atoms with Crippen molar-refractivity contribution in [3.05, 3.63) is 53.6 Å². The zero-order chi connectivity index (χ0) is 17.7. The smallest absolute Gasteiger partial charge is 0.292 e. The van der Waals surface area contributed by atoms with E-state index in [1.165, 1.54) is 30.3 Å². The molecule has 0 saturated heterocycles. The van der Waals surface area contributed by atoms with Gasteiger partial charge in [-0.1, -0.05) is 12.1 Å². The van der Waals surface area contributed by atoms with Crippen LogP contribution >= 0.6 is 0 Å². The fraction of sp³-hybridized carbons (Fsp3) is 0.294. The van der Waals surface area contributed by atoms with Crippen LogP contribution in [0.3, 0.4) is 0 Å². The van der Waals surface area contributed by atoms with Crippen molar-refractivity contribution in [2.75, 3.05) is 6.54 Å². The number of benzene rings is 2. The van der Waals surface area contributed by atoms with Gasteiger partial charge in [0, 0.05) is 0 Å². The van der Waals surface area contributed by atoms with Crippen molar-refractivity contribution in [3.63, 3.8) is 0 Å². The summed E-state index contributed by atoms with van der Waals surface area (Å²) in [5.41, 5.74) is 1.18. The van der Waals surface area contributed by atoms with Gasteiger partial charge in [0.05, 0.1) is 6.04 Å². The van der Waals surface area contributed by atoms with E-state index in [-0.39, 0.29) is 30.2 Å². The Kier molecular flexibility index (Phi) is 5.63. The third-order valence-corrected chi connectivity index (χ3v) is 3.69. The Labute approximate surface area is 139 Å². The molecule has 0 aliphatic carbocycles. The molecule has 7 N–H and O–H groups in total. The average Bonchev–Trinajstić information content (AvgIpc) is 2.50. The SMILES string of the molecule is Oc1ccc(C[C@H](NCCc2cc(O)ccc2O)C(O)(O)O)cc1. The fourth-order valence-electron chi connectivity index (χ4n) is 2.37. The van der Waals surface area contributed by atoms with Crippen LogP contribution < -0.4 is 5.32 Å². The van der Waals surface area contributed by atoms with Crippen LogP contribution in [0.2, 0.25) is 0 Å². The molecule has 2 aromatic rings. The second kappa shape index (κ2) is 7.50. The zero-order valence-electron chi connectivity index (χ0n) is 12.9. The molecule has 0 aliphatic rings. The molecule has 7 nitrogen and oxygen atoms in total. The number of rotatable bonds is 7. The van der Waals surface area contributed by atoms with Crippen LogP contribution in [0.25, 0.3) is 0 Å². The van der Waals surface area contributed by atoms with Crippen LogP contribution in [0.5, 0.6) is 17.2 Å². The summed E-state index contributed by atoms with van der Waals surface area (Å²) in [7, 11) is 0. The Morgan fingerprint density at radius 2 is 1.50 bits per heavy atom. The molecule has 0 heterocycles. The first-order chi connectivity index (χ1) is 11.3. The largest absolute Gasteiger partial charge is 0.508 e. The molecule has 7 heteroatoms. The first-order valence-corrected chi connectivity index (χ1v) is 7.45. The minimum atomic E-state index is -2.93.